The molecule has 0 fully saturated rings. The fourth-order valence-electron chi connectivity index (χ4n) is 1.23. The lowest BCUT2D eigenvalue weighted by Gasteiger charge is -2.04. The van der Waals surface area contributed by atoms with Gasteiger partial charge in [-0.15, -0.1) is 0 Å². The van der Waals surface area contributed by atoms with Gasteiger partial charge in [0.05, 0.1) is 5.39 Å². The highest BCUT2D eigenvalue weighted by Crippen LogP contribution is 2.51. The molecule has 0 saturated carbocycles. The SMILES string of the molecule is O=c1c2ccccc2on1CSP(O)(O)=S. The van der Waals surface area contributed by atoms with Crippen LogP contribution in [0.2, 0.25) is 0 Å². The average molecular weight is 277 g/mol. The molecular formula is C8H8NO4PS2. The van der Waals surface area contributed by atoms with E-state index in [1.807, 2.05) is 0 Å². The van der Waals surface area contributed by atoms with E-state index >= 15 is 0 Å². The van der Waals surface area contributed by atoms with Crippen molar-refractivity contribution in [3.05, 3.63) is 34.6 Å². The third-order valence-corrected chi connectivity index (χ3v) is 4.89. The standard InChI is InChI=1S/C8H8NO4PS2/c10-8-6-3-1-2-4-7(6)13-9(8)5-16-14(11,12)15/h1-4H,5H2,(H2,11,12,15). The quantitative estimate of drug-likeness (QED) is 0.828. The summed E-state index contributed by atoms with van der Waals surface area (Å²) in [4.78, 5) is 29.8. The molecule has 0 aliphatic heterocycles. The maximum atomic E-state index is 11.7. The second kappa shape index (κ2) is 4.35. The van der Waals surface area contributed by atoms with Crippen LogP contribution in [0.1, 0.15) is 0 Å². The van der Waals surface area contributed by atoms with Crippen LogP contribution in [0.15, 0.2) is 33.6 Å². The Morgan fingerprint density at radius 2 is 2.12 bits per heavy atom. The van der Waals surface area contributed by atoms with Crippen molar-refractivity contribution in [1.82, 2.24) is 4.74 Å². The summed E-state index contributed by atoms with van der Waals surface area (Å²) in [7, 11) is 0. The van der Waals surface area contributed by atoms with Gasteiger partial charge in [-0.2, -0.15) is 4.74 Å². The molecular weight excluding hydrogens is 269 g/mol. The van der Waals surface area contributed by atoms with Gasteiger partial charge in [-0.05, 0) is 35.3 Å². The number of hydrogen-bond acceptors (Lipinski definition) is 4. The minimum Gasteiger partial charge on any atom is -0.375 e. The van der Waals surface area contributed by atoms with E-state index in [4.69, 9.17) is 14.3 Å². The zero-order valence-electron chi connectivity index (χ0n) is 7.94. The monoisotopic (exact) mass is 277 g/mol. The lowest BCUT2D eigenvalue weighted by atomic mass is 10.3. The molecule has 1 heterocycles. The summed E-state index contributed by atoms with van der Waals surface area (Å²) in [6.45, 7) is 0. The number of benzene rings is 1. The lowest BCUT2D eigenvalue weighted by molar-refractivity contribution is 0.319. The molecule has 0 aliphatic rings. The molecule has 0 unspecified atom stereocenters. The summed E-state index contributed by atoms with van der Waals surface area (Å²) in [6.07, 6.45) is 0. The van der Waals surface area contributed by atoms with Crippen LogP contribution in [-0.4, -0.2) is 14.5 Å². The van der Waals surface area contributed by atoms with Crippen LogP contribution < -0.4 is 5.56 Å². The van der Waals surface area contributed by atoms with Gasteiger partial charge in [0.2, 0.25) is 5.69 Å². The molecule has 0 spiro atoms. The molecule has 0 bridgehead atoms. The topological polar surface area (TPSA) is 75.6 Å². The molecule has 86 valence electrons. The number of fused-ring (bicyclic) bond motifs is 1. The first-order valence-electron chi connectivity index (χ1n) is 4.26. The minimum absolute atomic E-state index is 0.00219. The van der Waals surface area contributed by atoms with Crippen LogP contribution in [0.4, 0.5) is 0 Å². The molecule has 0 amide bonds. The van der Waals surface area contributed by atoms with Crippen LogP contribution in [-0.2, 0) is 17.7 Å². The Balaban J connectivity index is 2.36. The van der Waals surface area contributed by atoms with Crippen LogP contribution in [0.5, 0.6) is 0 Å². The van der Waals surface area contributed by atoms with Crippen LogP contribution in [0.25, 0.3) is 11.0 Å². The van der Waals surface area contributed by atoms with Gasteiger partial charge in [0.1, 0.15) is 5.88 Å². The maximum Gasteiger partial charge on any atom is 0.291 e. The molecule has 0 radical (unpaired) electrons. The molecule has 2 rings (SSSR count). The van der Waals surface area contributed by atoms with E-state index < -0.39 is 5.69 Å². The van der Waals surface area contributed by atoms with Crippen LogP contribution in [0.3, 0.4) is 0 Å². The second-order valence-corrected chi connectivity index (χ2v) is 9.04. The van der Waals surface area contributed by atoms with Crippen molar-refractivity contribution >= 4 is 39.9 Å². The largest absolute Gasteiger partial charge is 0.375 e. The average Bonchev–Trinajstić information content (AvgIpc) is 2.53. The molecule has 16 heavy (non-hydrogen) atoms. The number of rotatable bonds is 3. The summed E-state index contributed by atoms with van der Waals surface area (Å²) < 4.78 is 6.29. The number of hydrogen-bond donors (Lipinski definition) is 2. The summed E-state index contributed by atoms with van der Waals surface area (Å²) in [5.41, 5.74) is -3.19. The van der Waals surface area contributed by atoms with Crippen molar-refractivity contribution in [2.75, 3.05) is 0 Å². The van der Waals surface area contributed by atoms with E-state index in [1.165, 1.54) is 0 Å². The molecule has 0 saturated heterocycles. The molecule has 0 atom stereocenters. The van der Waals surface area contributed by atoms with Gasteiger partial charge in [-0.1, -0.05) is 12.1 Å². The Hall–Kier alpha value is -0.590. The summed E-state index contributed by atoms with van der Waals surface area (Å²) in [5.74, 6) is -0.00219. The Labute approximate surface area is 99.6 Å². The Kier molecular flexibility index (Phi) is 3.23. The first kappa shape index (κ1) is 11.9. The van der Waals surface area contributed by atoms with Gasteiger partial charge in [-0.25, -0.2) is 0 Å². The van der Waals surface area contributed by atoms with Gasteiger partial charge < -0.3 is 14.3 Å². The maximum absolute atomic E-state index is 11.7. The third-order valence-electron chi connectivity index (χ3n) is 1.90. The van der Waals surface area contributed by atoms with E-state index in [2.05, 4.69) is 11.8 Å². The van der Waals surface area contributed by atoms with Crippen LogP contribution in [0, 0.1) is 0 Å². The van der Waals surface area contributed by atoms with Crippen molar-refractivity contribution in [2.45, 2.75) is 5.88 Å². The highest BCUT2D eigenvalue weighted by atomic mass is 32.9. The highest BCUT2D eigenvalue weighted by Gasteiger charge is 2.13. The van der Waals surface area contributed by atoms with E-state index in [1.54, 1.807) is 24.3 Å². The fraction of sp³-hybridized carbons (Fsp3) is 0.125. The van der Waals surface area contributed by atoms with Gasteiger partial charge in [0.15, 0.2) is 5.58 Å². The van der Waals surface area contributed by atoms with Crippen molar-refractivity contribution in [2.24, 2.45) is 0 Å². The summed E-state index contributed by atoms with van der Waals surface area (Å²) in [5, 5.41) is 0.465. The van der Waals surface area contributed by atoms with E-state index in [-0.39, 0.29) is 11.4 Å². The van der Waals surface area contributed by atoms with Gasteiger partial charge in [-0.3, -0.25) is 4.79 Å². The Morgan fingerprint density at radius 1 is 1.44 bits per heavy atom. The molecule has 2 aromatic rings. The molecule has 8 heteroatoms. The third kappa shape index (κ3) is 2.56. The van der Waals surface area contributed by atoms with Gasteiger partial charge in [0, 0.05) is 0 Å². The predicted molar refractivity (Wildman–Crippen MR) is 66.8 cm³/mol. The zero-order valence-corrected chi connectivity index (χ0v) is 10.5. The molecule has 5 nitrogen and oxygen atoms in total. The van der Waals surface area contributed by atoms with Gasteiger partial charge >= 0.3 is 0 Å². The Bertz CT molecular complexity index is 614. The first-order valence-corrected chi connectivity index (χ1v) is 8.56. The number of aromatic nitrogens is 1. The van der Waals surface area contributed by atoms with E-state index in [9.17, 15) is 4.79 Å². The lowest BCUT2D eigenvalue weighted by Crippen LogP contribution is -2.12. The smallest absolute Gasteiger partial charge is 0.291 e. The fourth-order valence-corrected chi connectivity index (χ4v) is 2.85. The van der Waals surface area contributed by atoms with Crippen molar-refractivity contribution < 1.29 is 14.3 Å². The van der Waals surface area contributed by atoms with Crippen molar-refractivity contribution in [3.8, 4) is 0 Å². The van der Waals surface area contributed by atoms with Gasteiger partial charge in [0.25, 0.3) is 5.56 Å². The summed E-state index contributed by atoms with van der Waals surface area (Å²) >= 11 is 5.16. The zero-order chi connectivity index (χ0) is 11.8. The molecule has 1 aromatic carbocycles. The molecule has 2 N–H and O–H groups in total. The highest BCUT2D eigenvalue weighted by molar-refractivity contribution is 8.66. The second-order valence-electron chi connectivity index (χ2n) is 3.02. The molecule has 0 aliphatic carbocycles. The van der Waals surface area contributed by atoms with Crippen LogP contribution >= 0.6 is 17.1 Å². The van der Waals surface area contributed by atoms with E-state index in [0.29, 0.717) is 11.0 Å². The summed E-state index contributed by atoms with van der Waals surface area (Å²) in [6, 6.07) is 6.81. The van der Waals surface area contributed by atoms with Crippen molar-refractivity contribution in [1.29, 1.82) is 0 Å². The normalized spacial score (nSPS) is 12.1. The van der Waals surface area contributed by atoms with E-state index in [0.717, 1.165) is 16.1 Å². The number of nitrogens with zero attached hydrogens (tertiary/aromatic N) is 1. The molecule has 1 aromatic heterocycles. The number of para-hydroxylation sites is 1. The predicted octanol–water partition coefficient (Wildman–Crippen LogP) is 1.49. The minimum atomic E-state index is -3.36. The first-order chi connectivity index (χ1) is 7.47. The Morgan fingerprint density at radius 3 is 2.75 bits per heavy atom. The van der Waals surface area contributed by atoms with Crippen molar-refractivity contribution in [3.63, 3.8) is 0 Å².